The number of ether oxygens (including phenoxy) is 1. The minimum absolute atomic E-state index is 0.336. The maximum atomic E-state index is 12.5. The number of carbonyl (C=O) groups is 1. The normalized spacial score (nSPS) is 11.4. The number of carbonyl (C=O) groups excluding carboxylic acids is 1. The van der Waals surface area contributed by atoms with Gasteiger partial charge in [0, 0.05) is 12.4 Å². The number of amides is 1. The third kappa shape index (κ3) is 4.87. The highest BCUT2D eigenvalue weighted by Crippen LogP contribution is 2.27. The van der Waals surface area contributed by atoms with E-state index in [-0.39, 0.29) is 6.54 Å². The molecule has 0 atom stereocenters. The summed E-state index contributed by atoms with van der Waals surface area (Å²) < 4.78 is 45.3. The fraction of sp³-hybridized carbons (Fsp3) is 0.235. The number of nitrogens with one attached hydrogen (secondary N) is 1. The van der Waals surface area contributed by atoms with Gasteiger partial charge in [-0.25, -0.2) is 0 Å². The molecule has 2 aromatic heterocycles. The Morgan fingerprint density at radius 1 is 1.26 bits per heavy atom. The van der Waals surface area contributed by atoms with E-state index in [4.69, 9.17) is 4.74 Å². The lowest BCUT2D eigenvalue weighted by molar-refractivity contribution is -0.141. The average molecular weight is 379 g/mol. The van der Waals surface area contributed by atoms with Gasteiger partial charge in [-0.1, -0.05) is 12.1 Å². The number of anilines is 1. The van der Waals surface area contributed by atoms with Crippen LogP contribution in [0.3, 0.4) is 0 Å². The van der Waals surface area contributed by atoms with E-state index in [0.717, 1.165) is 28.3 Å². The molecular formula is C17H16F3N5O2. The SMILES string of the molecule is COc1cccc(Cn2cc(NC(=O)Cn3ccc(C(F)(F)F)n3)cn2)c1. The maximum Gasteiger partial charge on any atom is 0.435 e. The molecule has 0 bridgehead atoms. The number of hydrogen-bond donors (Lipinski definition) is 1. The van der Waals surface area contributed by atoms with Crippen LogP contribution in [0.4, 0.5) is 18.9 Å². The minimum Gasteiger partial charge on any atom is -0.497 e. The second-order valence-corrected chi connectivity index (χ2v) is 5.72. The predicted molar refractivity (Wildman–Crippen MR) is 90.2 cm³/mol. The van der Waals surface area contributed by atoms with Gasteiger partial charge in [-0.3, -0.25) is 14.2 Å². The summed E-state index contributed by atoms with van der Waals surface area (Å²) >= 11 is 0. The van der Waals surface area contributed by atoms with Crippen LogP contribution in [0.2, 0.25) is 0 Å². The zero-order valence-corrected chi connectivity index (χ0v) is 14.3. The molecule has 0 unspecified atom stereocenters. The van der Waals surface area contributed by atoms with Crippen molar-refractivity contribution >= 4 is 11.6 Å². The van der Waals surface area contributed by atoms with E-state index in [9.17, 15) is 18.0 Å². The third-order valence-corrected chi connectivity index (χ3v) is 3.63. The molecule has 0 aliphatic heterocycles. The van der Waals surface area contributed by atoms with E-state index >= 15 is 0 Å². The van der Waals surface area contributed by atoms with Crippen LogP contribution < -0.4 is 10.1 Å². The Kier molecular flexibility index (Phi) is 5.15. The number of rotatable bonds is 6. The van der Waals surface area contributed by atoms with E-state index in [2.05, 4.69) is 15.5 Å². The van der Waals surface area contributed by atoms with Crippen LogP contribution >= 0.6 is 0 Å². The summed E-state index contributed by atoms with van der Waals surface area (Å²) in [6.07, 6.45) is -0.346. The van der Waals surface area contributed by atoms with Gasteiger partial charge in [-0.15, -0.1) is 0 Å². The highest BCUT2D eigenvalue weighted by Gasteiger charge is 2.33. The van der Waals surface area contributed by atoms with Crippen LogP contribution in [-0.4, -0.2) is 32.6 Å². The van der Waals surface area contributed by atoms with Gasteiger partial charge in [-0.2, -0.15) is 23.4 Å². The van der Waals surface area contributed by atoms with E-state index in [0.29, 0.717) is 12.2 Å². The smallest absolute Gasteiger partial charge is 0.435 e. The van der Waals surface area contributed by atoms with Gasteiger partial charge in [0.15, 0.2) is 5.69 Å². The number of hydrogen-bond acceptors (Lipinski definition) is 4. The minimum atomic E-state index is -4.54. The highest BCUT2D eigenvalue weighted by atomic mass is 19.4. The first-order valence-corrected chi connectivity index (χ1v) is 7.89. The van der Waals surface area contributed by atoms with Crippen LogP contribution in [0.25, 0.3) is 0 Å². The summed E-state index contributed by atoms with van der Waals surface area (Å²) in [5.74, 6) is 0.221. The van der Waals surface area contributed by atoms with Gasteiger partial charge >= 0.3 is 6.18 Å². The molecule has 2 heterocycles. The topological polar surface area (TPSA) is 74.0 Å². The van der Waals surface area contributed by atoms with E-state index in [1.165, 1.54) is 6.20 Å². The first-order chi connectivity index (χ1) is 12.8. The first-order valence-electron chi connectivity index (χ1n) is 7.89. The Morgan fingerprint density at radius 3 is 2.78 bits per heavy atom. The molecule has 27 heavy (non-hydrogen) atoms. The third-order valence-electron chi connectivity index (χ3n) is 3.63. The molecule has 7 nitrogen and oxygen atoms in total. The quantitative estimate of drug-likeness (QED) is 0.715. The van der Waals surface area contributed by atoms with Crippen molar-refractivity contribution in [3.8, 4) is 5.75 Å². The molecule has 0 fully saturated rings. The molecule has 142 valence electrons. The standard InChI is InChI=1S/C17H16F3N5O2/c1-27-14-4-2-3-12(7-14)9-25-10-13(8-21-25)22-16(26)11-24-6-5-15(23-24)17(18,19)20/h2-8,10H,9,11H2,1H3,(H,22,26). The number of benzene rings is 1. The summed E-state index contributed by atoms with van der Waals surface area (Å²) in [7, 11) is 1.58. The predicted octanol–water partition coefficient (Wildman–Crippen LogP) is 2.79. The van der Waals surface area contributed by atoms with Crippen molar-refractivity contribution in [3.05, 3.63) is 60.2 Å². The fourth-order valence-corrected chi connectivity index (χ4v) is 2.42. The zero-order valence-electron chi connectivity index (χ0n) is 14.3. The summed E-state index contributed by atoms with van der Waals surface area (Å²) in [4.78, 5) is 12.0. The van der Waals surface area contributed by atoms with Gasteiger partial charge in [0.05, 0.1) is 25.5 Å². The van der Waals surface area contributed by atoms with Gasteiger partial charge in [0.1, 0.15) is 12.3 Å². The summed E-state index contributed by atoms with van der Waals surface area (Å²) in [5.41, 5.74) is 0.360. The van der Waals surface area contributed by atoms with Gasteiger partial charge in [0.2, 0.25) is 5.91 Å². The summed E-state index contributed by atoms with van der Waals surface area (Å²) in [6, 6.07) is 8.30. The molecule has 1 N–H and O–H groups in total. The number of aromatic nitrogens is 4. The Hall–Kier alpha value is -3.30. The van der Waals surface area contributed by atoms with Gasteiger partial charge < -0.3 is 10.1 Å². The van der Waals surface area contributed by atoms with E-state index in [1.807, 2.05) is 24.3 Å². The van der Waals surface area contributed by atoms with Crippen molar-refractivity contribution in [1.82, 2.24) is 19.6 Å². The van der Waals surface area contributed by atoms with E-state index in [1.54, 1.807) is 18.0 Å². The second kappa shape index (κ2) is 7.52. The van der Waals surface area contributed by atoms with Gasteiger partial charge in [0.25, 0.3) is 0 Å². The summed E-state index contributed by atoms with van der Waals surface area (Å²) in [6.45, 7) is 0.137. The van der Waals surface area contributed by atoms with Crippen LogP contribution in [0.5, 0.6) is 5.75 Å². The molecule has 1 amide bonds. The monoisotopic (exact) mass is 379 g/mol. The highest BCUT2D eigenvalue weighted by molar-refractivity contribution is 5.90. The molecule has 0 aliphatic carbocycles. The Labute approximate surface area is 152 Å². The molecule has 3 aromatic rings. The molecule has 3 rings (SSSR count). The van der Waals surface area contributed by atoms with Crippen molar-refractivity contribution in [2.75, 3.05) is 12.4 Å². The average Bonchev–Trinajstić information content (AvgIpc) is 3.24. The van der Waals surface area contributed by atoms with Gasteiger partial charge in [-0.05, 0) is 23.8 Å². The lowest BCUT2D eigenvalue weighted by Gasteiger charge is -2.05. The van der Waals surface area contributed by atoms with Crippen LogP contribution in [0.15, 0.2) is 48.9 Å². The number of halogens is 3. The molecule has 0 saturated heterocycles. The summed E-state index contributed by atoms with van der Waals surface area (Å²) in [5, 5.41) is 10.1. The second-order valence-electron chi connectivity index (χ2n) is 5.72. The molecule has 0 radical (unpaired) electrons. The van der Waals surface area contributed by atoms with Crippen molar-refractivity contribution in [1.29, 1.82) is 0 Å². The van der Waals surface area contributed by atoms with Crippen molar-refractivity contribution < 1.29 is 22.7 Å². The van der Waals surface area contributed by atoms with E-state index < -0.39 is 17.8 Å². The molecule has 0 spiro atoms. The zero-order chi connectivity index (χ0) is 19.4. The van der Waals surface area contributed by atoms with Crippen LogP contribution in [0.1, 0.15) is 11.3 Å². The lowest BCUT2D eigenvalue weighted by Crippen LogP contribution is -2.19. The Balaban J connectivity index is 1.58. The number of alkyl halides is 3. The molecule has 0 saturated carbocycles. The lowest BCUT2D eigenvalue weighted by atomic mass is 10.2. The molecule has 1 aromatic carbocycles. The molecular weight excluding hydrogens is 363 g/mol. The number of methoxy groups -OCH3 is 1. The maximum absolute atomic E-state index is 12.5. The first kappa shape index (κ1) is 18.5. The van der Waals surface area contributed by atoms with Crippen molar-refractivity contribution in [2.24, 2.45) is 0 Å². The van der Waals surface area contributed by atoms with Crippen LogP contribution in [-0.2, 0) is 24.1 Å². The molecule has 0 aliphatic rings. The van der Waals surface area contributed by atoms with Crippen molar-refractivity contribution in [3.63, 3.8) is 0 Å². The van der Waals surface area contributed by atoms with Crippen LogP contribution in [0, 0.1) is 0 Å². The Morgan fingerprint density at radius 2 is 2.07 bits per heavy atom. The van der Waals surface area contributed by atoms with Crippen molar-refractivity contribution in [2.45, 2.75) is 19.3 Å². The largest absolute Gasteiger partial charge is 0.497 e. The Bertz CT molecular complexity index is 933. The number of nitrogens with zero attached hydrogens (tertiary/aromatic N) is 4. The molecule has 10 heteroatoms. The fourth-order valence-electron chi connectivity index (χ4n) is 2.42.